The Hall–Kier alpha value is -4.84. The number of halogens is 1. The summed E-state index contributed by atoms with van der Waals surface area (Å²) >= 11 is 3.45. The molecular formula is C33H35BrN4O7. The largest absolute Gasteiger partial charge is 0.481 e. The van der Waals surface area contributed by atoms with Crippen LogP contribution in [0.2, 0.25) is 0 Å². The average Bonchev–Trinajstić information content (AvgIpc) is 3.00. The predicted octanol–water partition coefficient (Wildman–Crippen LogP) is 5.78. The molecule has 5 N–H and O–H groups in total. The van der Waals surface area contributed by atoms with Gasteiger partial charge >= 0.3 is 12.2 Å². The third-order valence-electron chi connectivity index (χ3n) is 6.77. The van der Waals surface area contributed by atoms with E-state index in [4.69, 9.17) is 19.9 Å². The number of nitrogens with one attached hydrogen (secondary N) is 3. The zero-order valence-electron chi connectivity index (χ0n) is 24.8. The van der Waals surface area contributed by atoms with Gasteiger partial charge in [0.15, 0.2) is 12.2 Å². The van der Waals surface area contributed by atoms with E-state index < -0.39 is 48.4 Å². The van der Waals surface area contributed by atoms with E-state index in [9.17, 15) is 19.2 Å². The highest BCUT2D eigenvalue weighted by molar-refractivity contribution is 9.10. The molecule has 12 heteroatoms. The Labute approximate surface area is 269 Å². The molecule has 0 unspecified atom stereocenters. The summed E-state index contributed by atoms with van der Waals surface area (Å²) in [5, 5.41) is 7.99. The zero-order chi connectivity index (χ0) is 32.3. The van der Waals surface area contributed by atoms with Gasteiger partial charge in [-0.3, -0.25) is 20.2 Å². The standard InChI is InChI=1S/C33H35BrN4O7/c1-20(2)17-25(30(35)39)38-31(40)21-18-27(43-26-16-10-9-15-24(26)34)29(45-33(42)37-23-13-7-4-8-14-23)28(19-21)44-32(41)36-22-11-5-3-6-12-22/h3-16,18,20,25,27-29H,17,19H2,1-2H3,(H2,35,39)(H,36,41)(H,37,42)(H,38,40)/t25-,27-,28-,29+/m1/s1. The second kappa shape index (κ2) is 15.8. The van der Waals surface area contributed by atoms with Gasteiger partial charge in [-0.2, -0.15) is 0 Å². The predicted molar refractivity (Wildman–Crippen MR) is 173 cm³/mol. The number of benzene rings is 3. The first-order valence-corrected chi connectivity index (χ1v) is 15.2. The first-order valence-electron chi connectivity index (χ1n) is 14.4. The van der Waals surface area contributed by atoms with Gasteiger partial charge in [-0.05, 0) is 70.7 Å². The van der Waals surface area contributed by atoms with Crippen molar-refractivity contribution in [2.75, 3.05) is 10.6 Å². The van der Waals surface area contributed by atoms with E-state index in [2.05, 4.69) is 31.9 Å². The Balaban J connectivity index is 1.67. The van der Waals surface area contributed by atoms with Crippen molar-refractivity contribution in [1.82, 2.24) is 5.32 Å². The molecule has 3 aromatic rings. The summed E-state index contributed by atoms with van der Waals surface area (Å²) in [5.41, 5.74) is 6.69. The van der Waals surface area contributed by atoms with Gasteiger partial charge in [-0.15, -0.1) is 0 Å². The Morgan fingerprint density at radius 1 is 0.844 bits per heavy atom. The molecular weight excluding hydrogens is 644 g/mol. The number of amides is 4. The maximum atomic E-state index is 13.5. The lowest BCUT2D eigenvalue weighted by Gasteiger charge is -2.36. The molecule has 45 heavy (non-hydrogen) atoms. The van der Waals surface area contributed by atoms with Gasteiger partial charge in [0.05, 0.1) is 4.47 Å². The van der Waals surface area contributed by atoms with Gasteiger partial charge in [0.25, 0.3) is 0 Å². The minimum atomic E-state index is -1.19. The van der Waals surface area contributed by atoms with Crippen LogP contribution in [0.3, 0.4) is 0 Å². The van der Waals surface area contributed by atoms with E-state index >= 15 is 0 Å². The molecule has 0 saturated heterocycles. The Bertz CT molecular complexity index is 1520. The van der Waals surface area contributed by atoms with Crippen molar-refractivity contribution >= 4 is 51.3 Å². The number of ether oxygens (including phenoxy) is 3. The highest BCUT2D eigenvalue weighted by Crippen LogP contribution is 2.32. The van der Waals surface area contributed by atoms with Gasteiger partial charge in [0, 0.05) is 23.4 Å². The van der Waals surface area contributed by atoms with Crippen LogP contribution in [-0.2, 0) is 19.1 Å². The second-order valence-electron chi connectivity index (χ2n) is 10.8. The van der Waals surface area contributed by atoms with Crippen LogP contribution >= 0.6 is 15.9 Å². The fourth-order valence-electron chi connectivity index (χ4n) is 4.68. The summed E-state index contributed by atoms with van der Waals surface area (Å²) < 4.78 is 18.5. The molecule has 11 nitrogen and oxygen atoms in total. The van der Waals surface area contributed by atoms with Gasteiger partial charge < -0.3 is 25.3 Å². The van der Waals surface area contributed by atoms with Crippen LogP contribution in [0.1, 0.15) is 26.7 Å². The van der Waals surface area contributed by atoms with E-state index in [0.717, 1.165) is 0 Å². The quantitative estimate of drug-likeness (QED) is 0.200. The molecule has 236 valence electrons. The summed E-state index contributed by atoms with van der Waals surface area (Å²) in [6, 6.07) is 23.4. The van der Waals surface area contributed by atoms with Crippen LogP contribution in [0.5, 0.6) is 5.75 Å². The number of rotatable bonds is 11. The average molecular weight is 680 g/mol. The number of carbonyl (C=O) groups excluding carboxylic acids is 4. The van der Waals surface area contributed by atoms with E-state index in [1.807, 2.05) is 13.8 Å². The lowest BCUT2D eigenvalue weighted by Crippen LogP contribution is -2.51. The second-order valence-corrected chi connectivity index (χ2v) is 11.6. The molecule has 0 heterocycles. The number of hydrogen-bond acceptors (Lipinski definition) is 7. The summed E-state index contributed by atoms with van der Waals surface area (Å²) in [5.74, 6) is -0.805. The highest BCUT2D eigenvalue weighted by Gasteiger charge is 2.42. The van der Waals surface area contributed by atoms with Crippen LogP contribution in [0.15, 0.2) is 101 Å². The molecule has 0 bridgehead atoms. The first-order chi connectivity index (χ1) is 21.6. The Morgan fingerprint density at radius 3 is 1.96 bits per heavy atom. The van der Waals surface area contributed by atoms with Crippen molar-refractivity contribution < 1.29 is 33.4 Å². The molecule has 0 saturated carbocycles. The molecule has 0 fully saturated rings. The first kappa shape index (κ1) is 33.1. The molecule has 4 atom stereocenters. The Kier molecular flexibility index (Phi) is 11.6. The van der Waals surface area contributed by atoms with Crippen molar-refractivity contribution in [3.05, 3.63) is 101 Å². The Morgan fingerprint density at radius 2 is 1.40 bits per heavy atom. The fraction of sp³-hybridized carbons (Fsp3) is 0.273. The zero-order valence-corrected chi connectivity index (χ0v) is 26.4. The molecule has 0 radical (unpaired) electrons. The number of anilines is 2. The summed E-state index contributed by atoms with van der Waals surface area (Å²) in [6.45, 7) is 3.81. The van der Waals surface area contributed by atoms with Gasteiger partial charge in [0.1, 0.15) is 17.9 Å². The number of primary amides is 1. The van der Waals surface area contributed by atoms with E-state index in [-0.39, 0.29) is 17.9 Å². The summed E-state index contributed by atoms with van der Waals surface area (Å²) in [7, 11) is 0. The number of para-hydroxylation sites is 3. The lowest BCUT2D eigenvalue weighted by molar-refractivity contribution is -0.126. The van der Waals surface area contributed by atoms with Crippen LogP contribution in [0.4, 0.5) is 21.0 Å². The third-order valence-corrected chi connectivity index (χ3v) is 7.42. The van der Waals surface area contributed by atoms with Crippen molar-refractivity contribution in [3.63, 3.8) is 0 Å². The van der Waals surface area contributed by atoms with Crippen molar-refractivity contribution in [1.29, 1.82) is 0 Å². The van der Waals surface area contributed by atoms with Crippen LogP contribution in [-0.4, -0.2) is 48.4 Å². The molecule has 3 aromatic carbocycles. The van der Waals surface area contributed by atoms with Gasteiger partial charge in [-0.1, -0.05) is 62.4 Å². The molecule has 0 aromatic heterocycles. The van der Waals surface area contributed by atoms with E-state index in [1.165, 1.54) is 6.08 Å². The van der Waals surface area contributed by atoms with Crippen molar-refractivity contribution in [2.45, 2.75) is 51.0 Å². The molecule has 0 spiro atoms. The number of hydrogen-bond donors (Lipinski definition) is 4. The minimum absolute atomic E-state index is 0.0771. The number of nitrogens with two attached hydrogens (primary N) is 1. The SMILES string of the molecule is CC(C)C[C@@H](NC(=O)C1=C[C@@H](Oc2ccccc2Br)[C@H](OC(=O)Nc2ccccc2)[C@H](OC(=O)Nc2ccccc2)C1)C(N)=O. The van der Waals surface area contributed by atoms with E-state index in [0.29, 0.717) is 28.0 Å². The maximum absolute atomic E-state index is 13.5. The van der Waals surface area contributed by atoms with Crippen LogP contribution in [0.25, 0.3) is 0 Å². The number of carbonyl (C=O) groups is 4. The topological polar surface area (TPSA) is 158 Å². The van der Waals surface area contributed by atoms with Crippen LogP contribution in [0, 0.1) is 5.92 Å². The summed E-state index contributed by atoms with van der Waals surface area (Å²) in [6.07, 6.45) is -3.44. The van der Waals surface area contributed by atoms with Crippen molar-refractivity contribution in [3.8, 4) is 5.75 Å². The fourth-order valence-corrected chi connectivity index (χ4v) is 5.06. The molecule has 4 amide bonds. The molecule has 1 aliphatic carbocycles. The molecule has 4 rings (SSSR count). The molecule has 0 aliphatic heterocycles. The smallest absolute Gasteiger partial charge is 0.412 e. The van der Waals surface area contributed by atoms with Crippen molar-refractivity contribution in [2.24, 2.45) is 11.7 Å². The highest BCUT2D eigenvalue weighted by atomic mass is 79.9. The minimum Gasteiger partial charge on any atom is -0.481 e. The molecule has 1 aliphatic rings. The normalized spacial score (nSPS) is 18.1. The van der Waals surface area contributed by atoms with Gasteiger partial charge in [0.2, 0.25) is 11.8 Å². The van der Waals surface area contributed by atoms with Crippen LogP contribution < -0.4 is 26.4 Å². The van der Waals surface area contributed by atoms with Gasteiger partial charge in [-0.25, -0.2) is 9.59 Å². The summed E-state index contributed by atoms with van der Waals surface area (Å²) in [4.78, 5) is 51.8. The van der Waals surface area contributed by atoms with E-state index in [1.54, 1.807) is 84.9 Å². The lowest BCUT2D eigenvalue weighted by atomic mass is 9.90. The third kappa shape index (κ3) is 9.83. The monoisotopic (exact) mass is 678 g/mol. The maximum Gasteiger partial charge on any atom is 0.412 e.